The van der Waals surface area contributed by atoms with Crippen LogP contribution in [0.15, 0.2) is 158 Å². The highest BCUT2D eigenvalue weighted by molar-refractivity contribution is 6.23. The van der Waals surface area contributed by atoms with E-state index in [1.807, 2.05) is 27.7 Å². The predicted octanol–water partition coefficient (Wildman–Crippen LogP) is 19.1. The molecule has 0 radical (unpaired) electrons. The number of para-hydroxylation sites is 4. The lowest BCUT2D eigenvalue weighted by Crippen LogP contribution is -2.16. The Hall–Kier alpha value is -5.34. The molecular weight excluding hydrogens is 653 g/mol. The first-order valence-electron chi connectivity index (χ1n) is 28.0. The van der Waals surface area contributed by atoms with Gasteiger partial charge in [0.25, 0.3) is 0 Å². The van der Waals surface area contributed by atoms with Crippen molar-refractivity contribution >= 4 is 55.7 Å². The van der Waals surface area contributed by atoms with Crippen LogP contribution in [0.1, 0.15) is 122 Å². The molecule has 0 aliphatic heterocycles. The third-order valence-corrected chi connectivity index (χ3v) is 9.30. The maximum absolute atomic E-state index is 5.75. The van der Waals surface area contributed by atoms with E-state index in [1.54, 1.807) is 0 Å². The van der Waals surface area contributed by atoms with Crippen LogP contribution >= 0.6 is 0 Å². The van der Waals surface area contributed by atoms with E-state index in [-0.39, 0.29) is 13.7 Å². The highest BCUT2D eigenvalue weighted by atomic mass is 15.2. The summed E-state index contributed by atoms with van der Waals surface area (Å²) in [6, 6.07) is 57.5. The topological polar surface area (TPSA) is 6.48 Å². The molecule has 0 fully saturated rings. The molecule has 2 nitrogen and oxygen atoms in total. The van der Waals surface area contributed by atoms with E-state index in [0.29, 0.717) is 0 Å². The van der Waals surface area contributed by atoms with Gasteiger partial charge in [0.15, 0.2) is 0 Å². The van der Waals surface area contributed by atoms with Gasteiger partial charge in [-0.3, -0.25) is 0 Å². The Balaban J connectivity index is -0.000000313. The Labute approximate surface area is 355 Å². The van der Waals surface area contributed by atoms with Gasteiger partial charge in [0.05, 0.1) is 11.4 Å². The zero-order chi connectivity index (χ0) is 55.5. The number of rotatable bonds is 6. The average Bonchev–Trinajstić information content (AvgIpc) is 3.46. The average molecular weight is 753 g/mol. The number of anilines is 6. The van der Waals surface area contributed by atoms with Crippen molar-refractivity contribution in [1.82, 2.24) is 0 Å². The second kappa shape index (κ2) is 18.6. The second-order valence-electron chi connectivity index (χ2n) is 14.7. The van der Waals surface area contributed by atoms with E-state index in [0.717, 1.165) is 22.7 Å². The molecule has 0 heterocycles. The van der Waals surface area contributed by atoms with E-state index >= 15 is 0 Å². The minimum atomic E-state index is -0.0282. The van der Waals surface area contributed by atoms with E-state index in [4.69, 9.17) is 23.5 Å². The molecule has 0 aliphatic rings. The molecule has 0 N–H and O–H groups in total. The monoisotopic (exact) mass is 753 g/mol. The fourth-order valence-corrected chi connectivity index (χ4v) is 6.72. The van der Waals surface area contributed by atoms with Gasteiger partial charge >= 0.3 is 0 Å². The van der Waals surface area contributed by atoms with Crippen molar-refractivity contribution in [2.24, 2.45) is 0 Å². The first kappa shape index (κ1) is 31.1. The summed E-state index contributed by atoms with van der Waals surface area (Å²) < 4.78 is 81.5. The van der Waals surface area contributed by atoms with E-state index in [1.165, 1.54) is 58.9 Å². The van der Waals surface area contributed by atoms with Crippen LogP contribution in [0, 0.1) is 0 Å². The first-order valence-corrected chi connectivity index (χ1v) is 19.0. The van der Waals surface area contributed by atoms with Crippen molar-refractivity contribution in [2.45, 2.75) is 94.9 Å². The van der Waals surface area contributed by atoms with Gasteiger partial charge in [-0.2, -0.15) is 0 Å². The molecule has 0 saturated heterocycles. The van der Waals surface area contributed by atoms with Crippen LogP contribution in [-0.2, 0) is 10.8 Å². The van der Waals surface area contributed by atoms with Crippen molar-refractivity contribution in [2.75, 3.05) is 9.80 Å². The molecule has 7 aromatic rings. The quantitative estimate of drug-likeness (QED) is 0.123. The molecule has 0 spiro atoms. The smallest absolute Gasteiger partial charge is 0.0620 e. The van der Waals surface area contributed by atoms with Gasteiger partial charge in [0.2, 0.25) is 0 Å². The molecule has 0 aromatic heterocycles. The summed E-state index contributed by atoms with van der Waals surface area (Å²) in [7, 11) is 2.50. The third kappa shape index (κ3) is 8.88. The fraction of sp³-hybridized carbons (Fsp3) is 0.269. The lowest BCUT2D eigenvalue weighted by Gasteiger charge is -2.34. The summed E-state index contributed by atoms with van der Waals surface area (Å²) in [6.45, 7) is 21.8. The van der Waals surface area contributed by atoms with Crippen molar-refractivity contribution in [3.05, 3.63) is 169 Å². The Morgan fingerprint density at radius 1 is 0.389 bits per heavy atom. The summed E-state index contributed by atoms with van der Waals surface area (Å²) in [5, 5.41) is 4.86. The number of hydrogen-bond acceptors (Lipinski definition) is 2. The van der Waals surface area contributed by atoms with E-state index < -0.39 is 0 Å². The maximum Gasteiger partial charge on any atom is 0.0620 e. The summed E-state index contributed by atoms with van der Waals surface area (Å²) in [5.74, 6) is 0. The largest absolute Gasteiger partial charge is 0.309 e. The van der Waals surface area contributed by atoms with Gasteiger partial charge in [-0.1, -0.05) is 181 Å². The summed E-state index contributed by atoms with van der Waals surface area (Å²) in [6.07, 6.45) is 0. The molecule has 0 aliphatic carbocycles. The van der Waals surface area contributed by atoms with Gasteiger partial charge in [-0.25, -0.2) is 0 Å². The van der Waals surface area contributed by atoms with Crippen LogP contribution in [-0.4, -0.2) is 0 Å². The minimum Gasteiger partial charge on any atom is -0.309 e. The van der Waals surface area contributed by atoms with Crippen LogP contribution in [0.25, 0.3) is 21.5 Å². The van der Waals surface area contributed by atoms with Crippen molar-refractivity contribution in [1.29, 1.82) is 0 Å². The normalized spacial score (nSPS) is 12.1. The Bertz CT molecular complexity index is 1990. The summed E-state index contributed by atoms with van der Waals surface area (Å²) >= 11 is 0. The highest BCUT2D eigenvalue weighted by Gasteiger charge is 2.28. The molecular formula is C52H82N2. The minimum absolute atomic E-state index is 0. The van der Waals surface area contributed by atoms with E-state index in [9.17, 15) is 0 Å². The van der Waals surface area contributed by atoms with Gasteiger partial charge in [0, 0.05) is 70.7 Å². The van der Waals surface area contributed by atoms with Crippen molar-refractivity contribution < 1.29 is 26.4 Å². The molecule has 2 heteroatoms. The number of benzene rings is 7. The maximum atomic E-state index is 5.75. The molecule has 7 rings (SSSR count). The number of fused-ring (bicyclic) bond motifs is 2. The zero-order valence-electron chi connectivity index (χ0n) is 50.9. The number of hydrogen-bond donors (Lipinski definition) is 0. The fourth-order valence-electron chi connectivity index (χ4n) is 6.72. The van der Waals surface area contributed by atoms with Crippen LogP contribution in [0.3, 0.4) is 0 Å². The lowest BCUT2D eigenvalue weighted by molar-refractivity contribution is 0.590. The zero-order valence-corrected chi connectivity index (χ0v) is 34.9. The summed E-state index contributed by atoms with van der Waals surface area (Å²) in [5.41, 5.74) is 9.44. The standard InChI is InChI=1S/C46H44N2.2C2H6.2CH4.9H2/c1-45(2,3)33-27-29-39-41(31-33)43(47(35-19-11-7-12-20-35)36-21-13-8-14-22-36)40-30-28-34(46(4,5)6)32-42(40)44(39)48(37-23-15-9-16-24-37)38-25-17-10-18-26-38;2*1-2;;;;;;;;;;;/h7-32H,1-6H3;2*1-2H3;2*1H4;9*1H/i;;;2*1D;7*1+1D;2*1+1. The molecule has 0 unspecified atom stereocenters. The highest BCUT2D eigenvalue weighted by Crippen LogP contribution is 2.52. The number of nitrogens with zero attached hydrogens (tertiary/aromatic N) is 2. The first-order chi connectivity index (χ1) is 34.1. The molecule has 0 atom stereocenters. The third-order valence-electron chi connectivity index (χ3n) is 9.30. The Morgan fingerprint density at radius 3 is 0.852 bits per heavy atom. The predicted molar refractivity (Wildman–Crippen MR) is 263 cm³/mol. The Kier molecular flexibility index (Phi) is 10.7. The second-order valence-corrected chi connectivity index (χ2v) is 14.7. The molecule has 7 aromatic carbocycles. The molecule has 0 saturated carbocycles. The van der Waals surface area contributed by atoms with Crippen LogP contribution in [0.4, 0.5) is 34.1 Å². The van der Waals surface area contributed by atoms with Crippen LogP contribution in [0.2, 0.25) is 0 Å². The van der Waals surface area contributed by atoms with Gasteiger partial charge in [-0.15, -0.1) is 0 Å². The molecule has 300 valence electrons. The SMILES string of the molecule is CC.CC.CC(C)(C)c1ccc2c(N(c3ccccc3)c3ccccc3)c3cc(C(C)(C)C)ccc3c(N(c3ccccc3)c3ccccc3)c2c1.[2HH].[2HH].[2H]C.[2H]C.[2H][2H].[2H][2H].[2H][2H].[2H][2H].[2H][2H].[2H][2H].[2H][2H]. The van der Waals surface area contributed by atoms with E-state index in [2.05, 4.69) is 209 Å². The van der Waals surface area contributed by atoms with Crippen LogP contribution in [0.5, 0.6) is 0 Å². The van der Waals surface area contributed by atoms with Gasteiger partial charge < -0.3 is 9.80 Å². The van der Waals surface area contributed by atoms with Crippen LogP contribution < -0.4 is 9.80 Å². The van der Waals surface area contributed by atoms with Gasteiger partial charge in [-0.05, 0) is 82.6 Å². The van der Waals surface area contributed by atoms with Gasteiger partial charge in [0.1, 0.15) is 0 Å². The molecule has 0 amide bonds. The summed E-state index contributed by atoms with van der Waals surface area (Å²) in [4.78, 5) is 4.90. The lowest BCUT2D eigenvalue weighted by atomic mass is 9.82. The van der Waals surface area contributed by atoms with Crippen molar-refractivity contribution in [3.8, 4) is 0 Å². The molecule has 54 heavy (non-hydrogen) atoms. The van der Waals surface area contributed by atoms with Crippen molar-refractivity contribution in [3.63, 3.8) is 0 Å². The Morgan fingerprint density at radius 2 is 0.630 bits per heavy atom. The molecule has 0 bridgehead atoms.